The first kappa shape index (κ1) is 16.7. The Bertz CT molecular complexity index is 628. The number of halogens is 1. The molecule has 2 rings (SSSR count). The van der Waals surface area contributed by atoms with Crippen LogP contribution in [0.4, 0.5) is 9.18 Å². The van der Waals surface area contributed by atoms with Gasteiger partial charge in [-0.3, -0.25) is 4.98 Å². The lowest BCUT2D eigenvalue weighted by molar-refractivity contribution is 0.196. The molecule has 120 valence electrons. The van der Waals surface area contributed by atoms with Crippen LogP contribution in [0.1, 0.15) is 11.3 Å². The molecular weight excluding hydrogens is 293 g/mol. The number of amides is 2. The van der Waals surface area contributed by atoms with Crippen molar-refractivity contribution in [2.24, 2.45) is 0 Å². The fourth-order valence-corrected chi connectivity index (χ4v) is 2.13. The van der Waals surface area contributed by atoms with Crippen molar-refractivity contribution in [3.63, 3.8) is 0 Å². The van der Waals surface area contributed by atoms with Gasteiger partial charge in [0.1, 0.15) is 5.82 Å². The highest BCUT2D eigenvalue weighted by Crippen LogP contribution is 2.08. The molecular formula is C18H20FN3O. The number of carbonyl (C=O) groups excluding carboxylic acids is 1. The van der Waals surface area contributed by atoms with Gasteiger partial charge in [0.15, 0.2) is 0 Å². The highest BCUT2D eigenvalue weighted by atomic mass is 19.1. The maximum atomic E-state index is 13.0. The summed E-state index contributed by atoms with van der Waals surface area (Å²) in [6.45, 7) is 4.94. The summed E-state index contributed by atoms with van der Waals surface area (Å²) in [5.74, 6) is -0.287. The fourth-order valence-electron chi connectivity index (χ4n) is 2.13. The van der Waals surface area contributed by atoms with Crippen molar-refractivity contribution >= 4 is 6.03 Å². The third kappa shape index (κ3) is 5.54. The number of hydrogen-bond acceptors (Lipinski definition) is 2. The summed E-state index contributed by atoms with van der Waals surface area (Å²) in [4.78, 5) is 18.2. The monoisotopic (exact) mass is 313 g/mol. The van der Waals surface area contributed by atoms with Crippen LogP contribution >= 0.6 is 0 Å². The van der Waals surface area contributed by atoms with E-state index in [9.17, 15) is 9.18 Å². The molecule has 0 saturated carbocycles. The molecule has 0 saturated heterocycles. The van der Waals surface area contributed by atoms with Crippen LogP contribution in [0.25, 0.3) is 0 Å². The Morgan fingerprint density at radius 2 is 2.04 bits per heavy atom. The lowest BCUT2D eigenvalue weighted by Crippen LogP contribution is -2.40. The second kappa shape index (κ2) is 8.68. The van der Waals surface area contributed by atoms with Gasteiger partial charge in [-0.1, -0.05) is 24.3 Å². The normalized spacial score (nSPS) is 10.1. The first-order chi connectivity index (χ1) is 11.2. The van der Waals surface area contributed by atoms with E-state index in [1.54, 1.807) is 29.3 Å². The van der Waals surface area contributed by atoms with Crippen LogP contribution in [0.2, 0.25) is 0 Å². The molecule has 0 aliphatic heterocycles. The van der Waals surface area contributed by atoms with Crippen molar-refractivity contribution in [2.45, 2.75) is 13.0 Å². The Kier molecular flexibility index (Phi) is 6.29. The van der Waals surface area contributed by atoms with Gasteiger partial charge in [-0.05, 0) is 29.8 Å². The predicted octanol–water partition coefficient (Wildman–Crippen LogP) is 3.16. The Morgan fingerprint density at radius 3 is 2.70 bits per heavy atom. The average molecular weight is 313 g/mol. The molecule has 1 aromatic heterocycles. The second-order valence-electron chi connectivity index (χ2n) is 5.09. The van der Waals surface area contributed by atoms with Gasteiger partial charge in [-0.15, -0.1) is 6.58 Å². The van der Waals surface area contributed by atoms with Crippen LogP contribution < -0.4 is 5.32 Å². The molecule has 1 N–H and O–H groups in total. The molecule has 4 nitrogen and oxygen atoms in total. The van der Waals surface area contributed by atoms with E-state index >= 15 is 0 Å². The molecule has 0 fully saturated rings. The molecule has 0 aliphatic rings. The molecule has 2 aromatic rings. The minimum Gasteiger partial charge on any atom is -0.335 e. The first-order valence-corrected chi connectivity index (χ1v) is 7.47. The largest absolute Gasteiger partial charge is 0.335 e. The van der Waals surface area contributed by atoms with Crippen LogP contribution in [-0.2, 0) is 13.0 Å². The summed E-state index contributed by atoms with van der Waals surface area (Å²) in [6.07, 6.45) is 4.02. The van der Waals surface area contributed by atoms with Crippen molar-refractivity contribution in [3.8, 4) is 0 Å². The van der Waals surface area contributed by atoms with Crippen molar-refractivity contribution in [3.05, 3.63) is 78.4 Å². The lowest BCUT2D eigenvalue weighted by Gasteiger charge is -2.23. The standard InChI is InChI=1S/C18H20FN3O/c1-2-11-21-18(23)22(13-10-17-5-3-4-12-20-17)14-15-6-8-16(19)9-7-15/h2-9,12H,1,10-11,13-14H2,(H,21,23). The summed E-state index contributed by atoms with van der Waals surface area (Å²) >= 11 is 0. The summed E-state index contributed by atoms with van der Waals surface area (Å²) in [5.41, 5.74) is 1.80. The Balaban J connectivity index is 2.02. The van der Waals surface area contributed by atoms with Crippen molar-refractivity contribution in [1.82, 2.24) is 15.2 Å². The summed E-state index contributed by atoms with van der Waals surface area (Å²) in [6, 6.07) is 11.7. The van der Waals surface area contributed by atoms with E-state index in [2.05, 4.69) is 16.9 Å². The molecule has 0 unspecified atom stereocenters. The van der Waals surface area contributed by atoms with Gasteiger partial charge in [0, 0.05) is 37.9 Å². The van der Waals surface area contributed by atoms with E-state index in [4.69, 9.17) is 0 Å². The van der Waals surface area contributed by atoms with Crippen LogP contribution in [0.3, 0.4) is 0 Å². The van der Waals surface area contributed by atoms with Gasteiger partial charge in [0.25, 0.3) is 0 Å². The van der Waals surface area contributed by atoms with Gasteiger partial charge in [-0.25, -0.2) is 9.18 Å². The number of carbonyl (C=O) groups is 1. The van der Waals surface area contributed by atoms with Crippen molar-refractivity contribution in [1.29, 1.82) is 0 Å². The fraction of sp³-hybridized carbons (Fsp3) is 0.222. The molecule has 5 heteroatoms. The minimum absolute atomic E-state index is 0.176. The zero-order chi connectivity index (χ0) is 16.5. The van der Waals surface area contributed by atoms with E-state index in [-0.39, 0.29) is 11.8 Å². The summed E-state index contributed by atoms with van der Waals surface area (Å²) in [7, 11) is 0. The molecule has 0 radical (unpaired) electrons. The molecule has 2 amide bonds. The highest BCUT2D eigenvalue weighted by Gasteiger charge is 2.13. The van der Waals surface area contributed by atoms with Crippen LogP contribution in [0.15, 0.2) is 61.3 Å². The average Bonchev–Trinajstić information content (AvgIpc) is 2.59. The van der Waals surface area contributed by atoms with E-state index in [1.165, 1.54) is 12.1 Å². The van der Waals surface area contributed by atoms with Gasteiger partial charge in [-0.2, -0.15) is 0 Å². The number of pyridine rings is 1. The Morgan fingerprint density at radius 1 is 1.26 bits per heavy atom. The van der Waals surface area contributed by atoms with E-state index < -0.39 is 0 Å². The smallest absolute Gasteiger partial charge is 0.317 e. The maximum Gasteiger partial charge on any atom is 0.317 e. The number of benzene rings is 1. The molecule has 0 atom stereocenters. The number of nitrogens with one attached hydrogen (secondary N) is 1. The van der Waals surface area contributed by atoms with Gasteiger partial charge < -0.3 is 10.2 Å². The minimum atomic E-state index is -0.287. The van der Waals surface area contributed by atoms with Crippen LogP contribution in [0, 0.1) is 5.82 Å². The van der Waals surface area contributed by atoms with Crippen molar-refractivity contribution in [2.75, 3.05) is 13.1 Å². The first-order valence-electron chi connectivity index (χ1n) is 7.47. The number of aromatic nitrogens is 1. The molecule has 1 heterocycles. The topological polar surface area (TPSA) is 45.2 Å². The zero-order valence-corrected chi connectivity index (χ0v) is 12.9. The molecule has 23 heavy (non-hydrogen) atoms. The van der Waals surface area contributed by atoms with Gasteiger partial charge in [0.2, 0.25) is 0 Å². The van der Waals surface area contributed by atoms with E-state index in [0.29, 0.717) is 26.1 Å². The second-order valence-corrected chi connectivity index (χ2v) is 5.09. The van der Waals surface area contributed by atoms with E-state index in [1.807, 2.05) is 18.2 Å². The SMILES string of the molecule is C=CCNC(=O)N(CCc1ccccn1)Cc1ccc(F)cc1. The third-order valence-electron chi connectivity index (χ3n) is 3.34. The van der Waals surface area contributed by atoms with Crippen LogP contribution in [0.5, 0.6) is 0 Å². The Labute approximate surface area is 135 Å². The highest BCUT2D eigenvalue weighted by molar-refractivity contribution is 5.74. The molecule has 0 bridgehead atoms. The number of nitrogens with zero attached hydrogens (tertiary/aromatic N) is 2. The van der Waals surface area contributed by atoms with Gasteiger partial charge >= 0.3 is 6.03 Å². The van der Waals surface area contributed by atoms with E-state index in [0.717, 1.165) is 11.3 Å². The summed E-state index contributed by atoms with van der Waals surface area (Å²) < 4.78 is 13.0. The zero-order valence-electron chi connectivity index (χ0n) is 12.9. The van der Waals surface area contributed by atoms with Crippen LogP contribution in [-0.4, -0.2) is 29.0 Å². The maximum absolute atomic E-state index is 13.0. The molecule has 0 aliphatic carbocycles. The molecule has 0 spiro atoms. The predicted molar refractivity (Wildman–Crippen MR) is 88.3 cm³/mol. The summed E-state index contributed by atoms with van der Waals surface area (Å²) in [5, 5.41) is 2.77. The third-order valence-corrected chi connectivity index (χ3v) is 3.34. The Hall–Kier alpha value is -2.69. The quantitative estimate of drug-likeness (QED) is 0.798. The lowest BCUT2D eigenvalue weighted by atomic mass is 10.2. The molecule has 1 aromatic carbocycles. The number of rotatable bonds is 7. The van der Waals surface area contributed by atoms with Gasteiger partial charge in [0.05, 0.1) is 0 Å². The number of hydrogen-bond donors (Lipinski definition) is 1. The number of urea groups is 1. The van der Waals surface area contributed by atoms with Crippen molar-refractivity contribution < 1.29 is 9.18 Å².